The maximum atomic E-state index is 13.4. The summed E-state index contributed by atoms with van der Waals surface area (Å²) in [5.41, 5.74) is -0.0358. The molecule has 1 N–H and O–H groups in total. The Labute approximate surface area is 113 Å². The van der Waals surface area contributed by atoms with Crippen LogP contribution in [0.1, 0.15) is 27.7 Å². The Morgan fingerprint density at radius 1 is 1.11 bits per heavy atom. The third-order valence-electron chi connectivity index (χ3n) is 3.73. The number of aromatic nitrogens is 2. The summed E-state index contributed by atoms with van der Waals surface area (Å²) in [6.45, 7) is 10.1. The van der Waals surface area contributed by atoms with Crippen molar-refractivity contribution in [2.75, 3.05) is 18.2 Å². The molecule has 0 aliphatic carbocycles. The van der Waals surface area contributed by atoms with Crippen LogP contribution in [0, 0.1) is 0 Å². The molecule has 0 bridgehead atoms. The average Bonchev–Trinajstić information content (AvgIpc) is 3.16. The van der Waals surface area contributed by atoms with E-state index < -0.39 is 7.59 Å². The van der Waals surface area contributed by atoms with Gasteiger partial charge in [0.25, 0.3) is 0 Å². The second-order valence-corrected chi connectivity index (χ2v) is 8.75. The summed E-state index contributed by atoms with van der Waals surface area (Å²) < 4.78 is 17.4. The molecule has 19 heavy (non-hydrogen) atoms. The van der Waals surface area contributed by atoms with E-state index in [1.807, 2.05) is 9.34 Å². The molecule has 0 radical (unpaired) electrons. The van der Waals surface area contributed by atoms with Crippen LogP contribution in [0.2, 0.25) is 0 Å². The number of anilines is 1. The molecule has 104 valence electrons. The fourth-order valence-corrected chi connectivity index (χ4v) is 5.75. The number of nitrogens with one attached hydrogen (secondary N) is 1. The topological polar surface area (TPSA) is 60.9 Å². The molecule has 2 aliphatic rings. The van der Waals surface area contributed by atoms with Gasteiger partial charge in [0.05, 0.1) is 0 Å². The summed E-state index contributed by atoms with van der Waals surface area (Å²) in [5.74, 6) is 0.427. The predicted octanol–water partition coefficient (Wildman–Crippen LogP) is 2.18. The van der Waals surface area contributed by atoms with E-state index in [1.54, 1.807) is 18.5 Å². The van der Waals surface area contributed by atoms with E-state index in [9.17, 15) is 4.57 Å². The van der Waals surface area contributed by atoms with Gasteiger partial charge in [-0.2, -0.15) is 0 Å². The lowest BCUT2D eigenvalue weighted by atomic mass is 10.2. The van der Waals surface area contributed by atoms with Crippen molar-refractivity contribution in [1.82, 2.24) is 19.3 Å². The van der Waals surface area contributed by atoms with Crippen LogP contribution in [0.15, 0.2) is 18.5 Å². The van der Waals surface area contributed by atoms with Gasteiger partial charge >= 0.3 is 7.59 Å². The second-order valence-electron chi connectivity index (χ2n) is 6.47. The molecule has 2 saturated heterocycles. The Morgan fingerprint density at radius 2 is 1.53 bits per heavy atom. The summed E-state index contributed by atoms with van der Waals surface area (Å²) in [4.78, 5) is 8.26. The maximum Gasteiger partial charge on any atom is 0.312 e. The largest absolute Gasteiger partial charge is 0.312 e. The fourth-order valence-electron chi connectivity index (χ4n) is 2.33. The van der Waals surface area contributed by atoms with Gasteiger partial charge in [-0.1, -0.05) is 0 Å². The Bertz CT molecular complexity index is 518. The van der Waals surface area contributed by atoms with Gasteiger partial charge in [0, 0.05) is 36.6 Å². The summed E-state index contributed by atoms with van der Waals surface area (Å²) >= 11 is 0. The first-order chi connectivity index (χ1) is 8.76. The van der Waals surface area contributed by atoms with Gasteiger partial charge < -0.3 is 0 Å². The molecular formula is C12H20N5OP. The Morgan fingerprint density at radius 3 is 1.89 bits per heavy atom. The van der Waals surface area contributed by atoms with E-state index in [2.05, 4.69) is 42.8 Å². The highest BCUT2D eigenvalue weighted by molar-refractivity contribution is 7.61. The molecule has 2 fully saturated rings. The molecule has 0 saturated carbocycles. The molecule has 1 aromatic rings. The van der Waals surface area contributed by atoms with Crippen molar-refractivity contribution in [3.63, 3.8) is 0 Å². The van der Waals surface area contributed by atoms with Crippen LogP contribution in [-0.4, -0.2) is 43.5 Å². The Balaban J connectivity index is 1.88. The van der Waals surface area contributed by atoms with E-state index in [0.717, 1.165) is 13.1 Å². The van der Waals surface area contributed by atoms with Gasteiger partial charge in [-0.25, -0.2) is 19.3 Å². The normalized spacial score (nSPS) is 33.3. The van der Waals surface area contributed by atoms with Gasteiger partial charge in [0.15, 0.2) is 0 Å². The molecule has 1 aromatic heterocycles. The van der Waals surface area contributed by atoms with Crippen molar-refractivity contribution < 1.29 is 4.57 Å². The minimum absolute atomic E-state index is 0.0179. The zero-order valence-electron chi connectivity index (χ0n) is 11.8. The van der Waals surface area contributed by atoms with Gasteiger partial charge in [-0.05, 0) is 33.8 Å². The zero-order chi connectivity index (χ0) is 13.9. The highest BCUT2D eigenvalue weighted by atomic mass is 31.2. The van der Waals surface area contributed by atoms with Gasteiger partial charge in [0.2, 0.25) is 5.95 Å². The van der Waals surface area contributed by atoms with Crippen LogP contribution in [0.3, 0.4) is 0 Å². The van der Waals surface area contributed by atoms with E-state index in [-0.39, 0.29) is 11.1 Å². The monoisotopic (exact) mass is 281 g/mol. The van der Waals surface area contributed by atoms with Gasteiger partial charge in [-0.15, -0.1) is 0 Å². The minimum Gasteiger partial charge on any atom is -0.281 e. The van der Waals surface area contributed by atoms with Gasteiger partial charge in [0.1, 0.15) is 0 Å². The smallest absolute Gasteiger partial charge is 0.281 e. The lowest BCUT2D eigenvalue weighted by molar-refractivity contribution is 0.475. The quantitative estimate of drug-likeness (QED) is 0.674. The first kappa shape index (κ1) is 13.0. The highest BCUT2D eigenvalue weighted by Gasteiger charge is 2.64. The molecule has 0 spiro atoms. The van der Waals surface area contributed by atoms with E-state index in [4.69, 9.17) is 0 Å². The Kier molecular flexibility index (Phi) is 2.59. The van der Waals surface area contributed by atoms with Crippen LogP contribution < -0.4 is 5.09 Å². The molecule has 2 unspecified atom stereocenters. The first-order valence-corrected chi connectivity index (χ1v) is 8.09. The van der Waals surface area contributed by atoms with Crippen LogP contribution >= 0.6 is 7.59 Å². The molecule has 0 amide bonds. The van der Waals surface area contributed by atoms with Crippen molar-refractivity contribution in [3.05, 3.63) is 18.5 Å². The number of nitrogens with zero attached hydrogens (tertiary/aromatic N) is 4. The summed E-state index contributed by atoms with van der Waals surface area (Å²) in [5, 5.41) is 3.08. The first-order valence-electron chi connectivity index (χ1n) is 6.47. The third kappa shape index (κ3) is 2.18. The van der Waals surface area contributed by atoms with Crippen LogP contribution in [0.4, 0.5) is 5.95 Å². The van der Waals surface area contributed by atoms with E-state index in [0.29, 0.717) is 5.95 Å². The molecule has 6 nitrogen and oxygen atoms in total. The molecular weight excluding hydrogens is 261 g/mol. The van der Waals surface area contributed by atoms with Crippen LogP contribution in [0.25, 0.3) is 0 Å². The highest BCUT2D eigenvalue weighted by Crippen LogP contribution is 2.68. The summed E-state index contributed by atoms with van der Waals surface area (Å²) in [6.07, 6.45) is 3.31. The average molecular weight is 281 g/mol. The molecule has 3 rings (SSSR count). The summed E-state index contributed by atoms with van der Waals surface area (Å²) in [6, 6.07) is 1.75. The Hall–Kier alpha value is -0.970. The van der Waals surface area contributed by atoms with Crippen LogP contribution in [-0.2, 0) is 4.57 Å². The standard InChI is InChI=1S/C12H20N5OP/c1-11(2)8-16(11)19(18,17-9-12(17,3)4)15-10-13-6-5-7-14-10/h5-7H,8-9H2,1-4H3,(H,13,14,15,18). The summed E-state index contributed by atoms with van der Waals surface area (Å²) in [7, 11) is -2.81. The van der Waals surface area contributed by atoms with Crippen molar-refractivity contribution in [1.29, 1.82) is 0 Å². The predicted molar refractivity (Wildman–Crippen MR) is 74.8 cm³/mol. The molecule has 7 heteroatoms. The molecule has 0 aromatic carbocycles. The second kappa shape index (κ2) is 3.78. The van der Waals surface area contributed by atoms with E-state index in [1.165, 1.54) is 0 Å². The molecule has 3 heterocycles. The molecule has 2 atom stereocenters. The van der Waals surface area contributed by atoms with Gasteiger partial charge in [-0.3, -0.25) is 9.65 Å². The minimum atomic E-state index is -2.81. The van der Waals surface area contributed by atoms with Crippen molar-refractivity contribution in [2.45, 2.75) is 38.8 Å². The number of rotatable bonds is 4. The lowest BCUT2D eigenvalue weighted by Crippen LogP contribution is -2.21. The maximum absolute atomic E-state index is 13.4. The van der Waals surface area contributed by atoms with Crippen LogP contribution in [0.5, 0.6) is 0 Å². The van der Waals surface area contributed by atoms with Crippen molar-refractivity contribution >= 4 is 13.5 Å². The fraction of sp³-hybridized carbons (Fsp3) is 0.667. The third-order valence-corrected chi connectivity index (χ3v) is 6.90. The van der Waals surface area contributed by atoms with Crippen molar-refractivity contribution in [3.8, 4) is 0 Å². The van der Waals surface area contributed by atoms with Crippen molar-refractivity contribution in [2.24, 2.45) is 0 Å². The van der Waals surface area contributed by atoms with E-state index >= 15 is 0 Å². The number of hydrogen-bond acceptors (Lipinski definition) is 3. The molecule has 2 aliphatic heterocycles. The lowest BCUT2D eigenvalue weighted by Gasteiger charge is -2.25. The number of hydrogen-bond donors (Lipinski definition) is 1. The zero-order valence-corrected chi connectivity index (χ0v) is 12.7. The SMILES string of the molecule is CC1(C)CN1P(=O)(Nc1ncccn1)N1CC1(C)C.